The Kier molecular flexibility index (Phi) is 4.82. The molecule has 0 radical (unpaired) electrons. The van der Waals surface area contributed by atoms with Crippen molar-refractivity contribution in [1.29, 1.82) is 0 Å². The van der Waals surface area contributed by atoms with E-state index in [1.807, 2.05) is 27.7 Å². The molecular formula is C16H24FN3O2S. The van der Waals surface area contributed by atoms with Crippen LogP contribution in [0.2, 0.25) is 0 Å². The smallest absolute Gasteiger partial charge is 0.321 e. The maximum Gasteiger partial charge on any atom is 0.321 e. The zero-order chi connectivity index (χ0) is 17.4. The summed E-state index contributed by atoms with van der Waals surface area (Å²) in [7, 11) is -1.39. The number of nitrogens with zero attached hydrogens (tertiary/aromatic N) is 1. The van der Waals surface area contributed by atoms with Gasteiger partial charge in [0, 0.05) is 36.1 Å². The van der Waals surface area contributed by atoms with Crippen molar-refractivity contribution in [3.63, 3.8) is 0 Å². The van der Waals surface area contributed by atoms with Gasteiger partial charge in [-0.2, -0.15) is 0 Å². The highest BCUT2D eigenvalue weighted by Gasteiger charge is 2.38. The summed E-state index contributed by atoms with van der Waals surface area (Å²) in [6.07, 6.45) is 1.42. The summed E-state index contributed by atoms with van der Waals surface area (Å²) in [6, 6.07) is 3.94. The van der Waals surface area contributed by atoms with Crippen molar-refractivity contribution in [3.8, 4) is 0 Å². The van der Waals surface area contributed by atoms with E-state index in [1.54, 1.807) is 11.0 Å². The average molecular weight is 341 g/mol. The number of rotatable bonds is 2. The van der Waals surface area contributed by atoms with Crippen molar-refractivity contribution in [2.75, 3.05) is 24.7 Å². The van der Waals surface area contributed by atoms with Crippen molar-refractivity contribution >= 4 is 22.5 Å². The van der Waals surface area contributed by atoms with Crippen LogP contribution in [0.1, 0.15) is 27.7 Å². The van der Waals surface area contributed by atoms with Crippen LogP contribution in [0.5, 0.6) is 0 Å². The van der Waals surface area contributed by atoms with Gasteiger partial charge in [0.1, 0.15) is 5.82 Å². The molecule has 128 valence electrons. The van der Waals surface area contributed by atoms with Crippen LogP contribution in [-0.4, -0.2) is 45.6 Å². The minimum absolute atomic E-state index is 0.132. The Balaban J connectivity index is 2.13. The van der Waals surface area contributed by atoms with Crippen LogP contribution < -0.4 is 10.6 Å². The molecule has 1 aliphatic heterocycles. The van der Waals surface area contributed by atoms with E-state index in [-0.39, 0.29) is 22.0 Å². The van der Waals surface area contributed by atoms with Crippen LogP contribution in [0.25, 0.3) is 0 Å². The van der Waals surface area contributed by atoms with E-state index in [0.29, 0.717) is 18.8 Å². The van der Waals surface area contributed by atoms with E-state index in [2.05, 4.69) is 10.6 Å². The Morgan fingerprint density at radius 1 is 1.26 bits per heavy atom. The molecule has 1 aliphatic rings. The fraction of sp³-hybridized carbons (Fsp3) is 0.562. The first-order valence-electron chi connectivity index (χ1n) is 7.47. The summed E-state index contributed by atoms with van der Waals surface area (Å²) < 4.78 is 25.2. The van der Waals surface area contributed by atoms with Crippen LogP contribution in [0.4, 0.5) is 14.9 Å². The third-order valence-corrected chi connectivity index (χ3v) is 4.58. The molecule has 0 bridgehead atoms. The molecule has 1 fully saturated rings. The Morgan fingerprint density at radius 2 is 1.83 bits per heavy atom. The van der Waals surface area contributed by atoms with Gasteiger partial charge in [0.05, 0.1) is 15.7 Å². The summed E-state index contributed by atoms with van der Waals surface area (Å²) in [6.45, 7) is 9.28. The summed E-state index contributed by atoms with van der Waals surface area (Å²) in [5.74, 6) is -0.579. The van der Waals surface area contributed by atoms with Gasteiger partial charge in [-0.1, -0.05) is 0 Å². The lowest BCUT2D eigenvalue weighted by atomic mass is 9.92. The third-order valence-electron chi connectivity index (χ3n) is 3.63. The second-order valence-electron chi connectivity index (χ2n) is 7.28. The number of carbonyl (C=O) groups excluding carboxylic acids is 1. The lowest BCUT2D eigenvalue weighted by Gasteiger charge is -2.48. The van der Waals surface area contributed by atoms with E-state index in [1.165, 1.54) is 18.4 Å². The summed E-state index contributed by atoms with van der Waals surface area (Å²) in [5.41, 5.74) is -0.0449. The predicted octanol–water partition coefficient (Wildman–Crippen LogP) is 2.56. The molecule has 1 atom stereocenters. The van der Waals surface area contributed by atoms with Gasteiger partial charge in [0.15, 0.2) is 0 Å². The monoisotopic (exact) mass is 341 g/mol. The maximum atomic E-state index is 13.9. The SMILES string of the molecule is CS(=O)c1ccc(NC(=O)N2CC(C)(C)NC(C)(C)C2)cc1F. The van der Waals surface area contributed by atoms with Crippen LogP contribution in [0, 0.1) is 5.82 Å². The lowest BCUT2D eigenvalue weighted by Crippen LogP contribution is -2.68. The van der Waals surface area contributed by atoms with Gasteiger partial charge < -0.3 is 15.5 Å². The highest BCUT2D eigenvalue weighted by molar-refractivity contribution is 7.84. The molecule has 2 amide bonds. The van der Waals surface area contributed by atoms with Crippen molar-refractivity contribution in [3.05, 3.63) is 24.0 Å². The second kappa shape index (κ2) is 6.20. The molecule has 1 saturated heterocycles. The van der Waals surface area contributed by atoms with Crippen molar-refractivity contribution in [2.24, 2.45) is 0 Å². The Labute approximate surface area is 139 Å². The van der Waals surface area contributed by atoms with Gasteiger partial charge in [-0.15, -0.1) is 0 Å². The van der Waals surface area contributed by atoms with Crippen LogP contribution >= 0.6 is 0 Å². The number of hydrogen-bond acceptors (Lipinski definition) is 3. The number of nitrogens with one attached hydrogen (secondary N) is 2. The van der Waals surface area contributed by atoms with Crippen LogP contribution in [0.15, 0.2) is 23.1 Å². The molecule has 0 aliphatic carbocycles. The maximum absolute atomic E-state index is 13.9. The number of anilines is 1. The van der Waals surface area contributed by atoms with E-state index >= 15 is 0 Å². The van der Waals surface area contributed by atoms with Crippen molar-refractivity contribution < 1.29 is 13.4 Å². The minimum Gasteiger partial charge on any atom is -0.321 e. The van der Waals surface area contributed by atoms with Gasteiger partial charge in [0.2, 0.25) is 0 Å². The Bertz CT molecular complexity index is 630. The second-order valence-corrected chi connectivity index (χ2v) is 8.63. The first-order chi connectivity index (χ1) is 10.5. The van der Waals surface area contributed by atoms with Gasteiger partial charge in [-0.25, -0.2) is 9.18 Å². The molecule has 5 nitrogen and oxygen atoms in total. The van der Waals surface area contributed by atoms with Crippen LogP contribution in [0.3, 0.4) is 0 Å². The molecule has 1 aromatic rings. The molecular weight excluding hydrogens is 317 g/mol. The molecule has 2 N–H and O–H groups in total. The highest BCUT2D eigenvalue weighted by atomic mass is 32.2. The van der Waals surface area contributed by atoms with Crippen molar-refractivity contribution in [1.82, 2.24) is 10.2 Å². The molecule has 2 rings (SSSR count). The Morgan fingerprint density at radius 3 is 2.30 bits per heavy atom. The lowest BCUT2D eigenvalue weighted by molar-refractivity contribution is 0.102. The number of carbonyl (C=O) groups is 1. The fourth-order valence-corrected chi connectivity index (χ4v) is 3.76. The molecule has 23 heavy (non-hydrogen) atoms. The normalized spacial score (nSPS) is 20.9. The van der Waals surface area contributed by atoms with Gasteiger partial charge in [-0.05, 0) is 45.9 Å². The van der Waals surface area contributed by atoms with E-state index in [0.717, 1.165) is 0 Å². The molecule has 1 unspecified atom stereocenters. The molecule has 1 heterocycles. The topological polar surface area (TPSA) is 61.4 Å². The third kappa shape index (κ3) is 4.51. The standard InChI is InChI=1S/C16H24FN3O2S/c1-15(2)9-20(10-16(3,4)19-15)14(21)18-11-6-7-13(23(5)22)12(17)8-11/h6-8,19H,9-10H2,1-5H3,(H,18,21). The van der Waals surface area contributed by atoms with E-state index in [9.17, 15) is 13.4 Å². The number of piperazine rings is 1. The number of halogens is 1. The molecule has 0 spiro atoms. The van der Waals surface area contributed by atoms with E-state index in [4.69, 9.17) is 0 Å². The van der Waals surface area contributed by atoms with Gasteiger partial charge >= 0.3 is 6.03 Å². The van der Waals surface area contributed by atoms with E-state index < -0.39 is 16.6 Å². The quantitative estimate of drug-likeness (QED) is 0.869. The summed E-state index contributed by atoms with van der Waals surface area (Å²) in [5, 5.41) is 6.21. The largest absolute Gasteiger partial charge is 0.321 e. The first kappa shape index (κ1) is 17.9. The number of hydrogen-bond donors (Lipinski definition) is 2. The van der Waals surface area contributed by atoms with Crippen molar-refractivity contribution in [2.45, 2.75) is 43.7 Å². The Hall–Kier alpha value is -1.47. The average Bonchev–Trinajstić information content (AvgIpc) is 2.34. The number of urea groups is 1. The van der Waals surface area contributed by atoms with Gasteiger partial charge in [-0.3, -0.25) is 4.21 Å². The molecule has 7 heteroatoms. The molecule has 1 aromatic carbocycles. The number of benzene rings is 1. The zero-order valence-corrected chi connectivity index (χ0v) is 15.0. The first-order valence-corrected chi connectivity index (χ1v) is 9.03. The zero-order valence-electron chi connectivity index (χ0n) is 14.2. The predicted molar refractivity (Wildman–Crippen MR) is 90.6 cm³/mol. The number of amides is 2. The minimum atomic E-state index is -1.39. The summed E-state index contributed by atoms with van der Waals surface area (Å²) in [4.78, 5) is 14.3. The molecule has 0 aromatic heterocycles. The summed E-state index contributed by atoms with van der Waals surface area (Å²) >= 11 is 0. The van der Waals surface area contributed by atoms with Crippen LogP contribution in [-0.2, 0) is 10.8 Å². The highest BCUT2D eigenvalue weighted by Crippen LogP contribution is 2.22. The fourth-order valence-electron chi connectivity index (χ4n) is 3.16. The van der Waals surface area contributed by atoms with Gasteiger partial charge in [0.25, 0.3) is 0 Å². The molecule has 0 saturated carbocycles.